The second-order valence-electron chi connectivity index (χ2n) is 6.71. The molecule has 1 fully saturated rings. The first-order chi connectivity index (χ1) is 12.9. The quantitative estimate of drug-likeness (QED) is 0.810. The zero-order valence-electron chi connectivity index (χ0n) is 14.8. The fraction of sp³-hybridized carbons (Fsp3) is 0.350. The third-order valence-electron chi connectivity index (χ3n) is 4.53. The summed E-state index contributed by atoms with van der Waals surface area (Å²) >= 11 is 0. The van der Waals surface area contributed by atoms with E-state index in [1.54, 1.807) is 0 Å². The molecule has 2 N–H and O–H groups in total. The molecule has 0 aliphatic carbocycles. The fourth-order valence-corrected chi connectivity index (χ4v) is 3.20. The topological polar surface area (TPSA) is 44.4 Å². The number of carbonyl (C=O) groups is 1. The molecule has 0 saturated carbocycles. The Hall–Kier alpha value is -2.54. The maximum atomic E-state index is 12.7. The molecule has 0 bridgehead atoms. The van der Waals surface area contributed by atoms with Gasteiger partial charge in [-0.1, -0.05) is 36.4 Å². The van der Waals surface area contributed by atoms with Gasteiger partial charge in [0.1, 0.15) is 0 Å². The molecule has 144 valence electrons. The third kappa shape index (κ3) is 5.72. The average Bonchev–Trinajstić information content (AvgIpc) is 3.07. The number of benzene rings is 2. The lowest BCUT2D eigenvalue weighted by atomic mass is 10.2. The molecule has 7 heteroatoms. The first-order valence-corrected chi connectivity index (χ1v) is 8.87. The fourth-order valence-electron chi connectivity index (χ4n) is 3.20. The summed E-state index contributed by atoms with van der Waals surface area (Å²) in [5.74, 6) is -0.223. The highest BCUT2D eigenvalue weighted by Crippen LogP contribution is 2.30. The van der Waals surface area contributed by atoms with Gasteiger partial charge in [0.05, 0.1) is 12.1 Å². The summed E-state index contributed by atoms with van der Waals surface area (Å²) in [5, 5.41) is 5.70. The monoisotopic (exact) mass is 377 g/mol. The maximum Gasteiger partial charge on any atom is 0.416 e. The largest absolute Gasteiger partial charge is 0.416 e. The van der Waals surface area contributed by atoms with Crippen LogP contribution >= 0.6 is 0 Å². The lowest BCUT2D eigenvalue weighted by Gasteiger charge is -2.17. The Kier molecular flexibility index (Phi) is 6.01. The van der Waals surface area contributed by atoms with Gasteiger partial charge in [0.25, 0.3) is 0 Å². The molecule has 1 amide bonds. The molecule has 27 heavy (non-hydrogen) atoms. The molecule has 2 aromatic carbocycles. The summed E-state index contributed by atoms with van der Waals surface area (Å²) in [5.41, 5.74) is 0.771. The van der Waals surface area contributed by atoms with E-state index in [0.29, 0.717) is 0 Å². The smallest absolute Gasteiger partial charge is 0.376 e. The lowest BCUT2D eigenvalue weighted by molar-refractivity contribution is -0.137. The molecule has 4 nitrogen and oxygen atoms in total. The Labute approximate surface area is 156 Å². The van der Waals surface area contributed by atoms with Gasteiger partial charge < -0.3 is 10.6 Å². The molecular formula is C20H22F3N3O. The molecule has 0 spiro atoms. The summed E-state index contributed by atoms with van der Waals surface area (Å²) in [7, 11) is 0. The van der Waals surface area contributed by atoms with Gasteiger partial charge in [-0.2, -0.15) is 13.2 Å². The predicted octanol–water partition coefficient (Wildman–Crippen LogP) is 3.51. The van der Waals surface area contributed by atoms with Crippen molar-refractivity contribution in [2.75, 3.05) is 25.0 Å². The molecule has 1 unspecified atom stereocenters. The number of halogens is 3. The summed E-state index contributed by atoms with van der Waals surface area (Å²) in [6.45, 7) is 2.46. The van der Waals surface area contributed by atoms with Gasteiger partial charge in [-0.3, -0.25) is 9.69 Å². The average molecular weight is 377 g/mol. The number of hydrogen-bond donors (Lipinski definition) is 2. The zero-order valence-corrected chi connectivity index (χ0v) is 14.8. The van der Waals surface area contributed by atoms with Crippen molar-refractivity contribution in [1.82, 2.24) is 10.2 Å². The van der Waals surface area contributed by atoms with Crippen molar-refractivity contribution in [1.29, 1.82) is 0 Å². The Morgan fingerprint density at radius 3 is 2.63 bits per heavy atom. The summed E-state index contributed by atoms with van der Waals surface area (Å²) in [6, 6.07) is 15.0. The molecule has 1 atom stereocenters. The Balaban J connectivity index is 1.44. The van der Waals surface area contributed by atoms with Crippen molar-refractivity contribution in [2.24, 2.45) is 0 Å². The van der Waals surface area contributed by atoms with E-state index in [9.17, 15) is 18.0 Å². The predicted molar refractivity (Wildman–Crippen MR) is 98.2 cm³/mol. The van der Waals surface area contributed by atoms with Crippen LogP contribution in [-0.2, 0) is 17.5 Å². The first kappa shape index (κ1) is 19.2. The molecule has 1 heterocycles. The van der Waals surface area contributed by atoms with Gasteiger partial charge in [0, 0.05) is 31.4 Å². The maximum absolute atomic E-state index is 12.7. The van der Waals surface area contributed by atoms with Crippen LogP contribution < -0.4 is 10.6 Å². The molecule has 0 aromatic heterocycles. The van der Waals surface area contributed by atoms with E-state index in [1.165, 1.54) is 17.7 Å². The van der Waals surface area contributed by atoms with Crippen LogP contribution in [0, 0.1) is 0 Å². The van der Waals surface area contributed by atoms with Crippen LogP contribution in [0.1, 0.15) is 17.5 Å². The second kappa shape index (κ2) is 8.43. The van der Waals surface area contributed by atoms with Crippen molar-refractivity contribution in [3.05, 3.63) is 65.7 Å². The van der Waals surface area contributed by atoms with Gasteiger partial charge in [-0.25, -0.2) is 0 Å². The summed E-state index contributed by atoms with van der Waals surface area (Å²) in [6.07, 6.45) is -3.53. The molecule has 1 saturated heterocycles. The van der Waals surface area contributed by atoms with Gasteiger partial charge in [-0.15, -0.1) is 0 Å². The lowest BCUT2D eigenvalue weighted by Crippen LogP contribution is -2.40. The number of hydrogen-bond acceptors (Lipinski definition) is 3. The van der Waals surface area contributed by atoms with Crippen LogP contribution in [0.3, 0.4) is 0 Å². The van der Waals surface area contributed by atoms with Crippen molar-refractivity contribution in [2.45, 2.75) is 25.2 Å². The first-order valence-electron chi connectivity index (χ1n) is 8.87. The number of rotatable bonds is 6. The highest BCUT2D eigenvalue weighted by atomic mass is 19.4. The summed E-state index contributed by atoms with van der Waals surface area (Å²) < 4.78 is 38.2. The molecule has 2 aromatic rings. The van der Waals surface area contributed by atoms with Crippen LogP contribution in [0.25, 0.3) is 0 Å². The Bertz CT molecular complexity index is 765. The van der Waals surface area contributed by atoms with Crippen LogP contribution in [0.15, 0.2) is 54.6 Å². The van der Waals surface area contributed by atoms with Crippen LogP contribution in [0.2, 0.25) is 0 Å². The number of likely N-dealkylation sites (tertiary alicyclic amines) is 1. The van der Waals surface area contributed by atoms with Crippen molar-refractivity contribution < 1.29 is 18.0 Å². The Morgan fingerprint density at radius 2 is 1.89 bits per heavy atom. The number of amides is 1. The van der Waals surface area contributed by atoms with E-state index in [1.807, 2.05) is 18.2 Å². The van der Waals surface area contributed by atoms with E-state index in [0.717, 1.165) is 38.2 Å². The van der Waals surface area contributed by atoms with Gasteiger partial charge >= 0.3 is 6.18 Å². The number of alkyl halides is 3. The van der Waals surface area contributed by atoms with E-state index in [4.69, 9.17) is 0 Å². The standard InChI is InChI=1S/C20H22F3N3O/c21-20(22,23)16-7-4-8-17(11-16)24-12-19(27)25-18-9-10-26(14-18)13-15-5-2-1-3-6-15/h1-8,11,18,24H,9-10,12-14H2,(H,25,27). The van der Waals surface area contributed by atoms with Crippen molar-refractivity contribution >= 4 is 11.6 Å². The summed E-state index contributed by atoms with van der Waals surface area (Å²) in [4.78, 5) is 14.4. The van der Waals surface area contributed by atoms with Gasteiger partial charge in [0.15, 0.2) is 0 Å². The van der Waals surface area contributed by atoms with Gasteiger partial charge in [-0.05, 0) is 30.2 Å². The van der Waals surface area contributed by atoms with E-state index < -0.39 is 11.7 Å². The molecule has 1 aliphatic heterocycles. The molecule has 0 radical (unpaired) electrons. The number of carbonyl (C=O) groups excluding carboxylic acids is 1. The Morgan fingerprint density at radius 1 is 1.11 bits per heavy atom. The SMILES string of the molecule is O=C(CNc1cccc(C(F)(F)F)c1)NC1CCN(Cc2ccccc2)C1. The number of nitrogens with one attached hydrogen (secondary N) is 2. The molecule has 1 aliphatic rings. The van der Waals surface area contributed by atoms with Crippen LogP contribution in [0.5, 0.6) is 0 Å². The number of nitrogens with zero attached hydrogens (tertiary/aromatic N) is 1. The van der Waals surface area contributed by atoms with Crippen molar-refractivity contribution in [3.63, 3.8) is 0 Å². The molecule has 3 rings (SSSR count). The molecular weight excluding hydrogens is 355 g/mol. The minimum Gasteiger partial charge on any atom is -0.376 e. The zero-order chi connectivity index (χ0) is 19.3. The van der Waals surface area contributed by atoms with E-state index >= 15 is 0 Å². The van der Waals surface area contributed by atoms with Gasteiger partial charge in [0.2, 0.25) is 5.91 Å². The third-order valence-corrected chi connectivity index (χ3v) is 4.53. The van der Waals surface area contributed by atoms with E-state index in [-0.39, 0.29) is 24.2 Å². The normalized spacial score (nSPS) is 17.7. The highest BCUT2D eigenvalue weighted by molar-refractivity contribution is 5.81. The number of anilines is 1. The minimum atomic E-state index is -4.40. The van der Waals surface area contributed by atoms with E-state index in [2.05, 4.69) is 27.7 Å². The van der Waals surface area contributed by atoms with Crippen LogP contribution in [0.4, 0.5) is 18.9 Å². The highest BCUT2D eigenvalue weighted by Gasteiger charge is 2.30. The van der Waals surface area contributed by atoms with Crippen LogP contribution in [-0.4, -0.2) is 36.5 Å². The minimum absolute atomic E-state index is 0.0590. The second-order valence-corrected chi connectivity index (χ2v) is 6.71. The van der Waals surface area contributed by atoms with Crippen molar-refractivity contribution in [3.8, 4) is 0 Å².